The van der Waals surface area contributed by atoms with Gasteiger partial charge in [-0.1, -0.05) is 42.1 Å². The number of benzene rings is 2. The van der Waals surface area contributed by atoms with Gasteiger partial charge in [-0.2, -0.15) is 0 Å². The first-order chi connectivity index (χ1) is 13.3. The van der Waals surface area contributed by atoms with Crippen molar-refractivity contribution in [3.63, 3.8) is 0 Å². The molecule has 0 unspecified atom stereocenters. The third-order valence-electron chi connectivity index (χ3n) is 3.93. The molecule has 0 saturated heterocycles. The summed E-state index contributed by atoms with van der Waals surface area (Å²) in [5, 5.41) is 8.99. The number of Topliss-reactive ketones (excluding diaryl/α,β-unsaturated/α-hetero) is 1. The molecular formula is C19H20N4O3S2. The Bertz CT molecular complexity index is 1060. The van der Waals surface area contributed by atoms with Crippen LogP contribution in [0.1, 0.15) is 21.7 Å². The van der Waals surface area contributed by atoms with Crippen molar-refractivity contribution < 1.29 is 13.2 Å². The number of aryl methyl sites for hydroxylation is 1. The standard InChI is InChI=1S/C19H20N4O3S2/c1-14-20-21-19(23(14)12-15-6-4-3-5-7-15)27-13-18(24)16-8-10-17(11-9-16)22-28(2,25)26/h3-11,22H,12-13H2,1-2H3. The number of thioether (sulfide) groups is 1. The fraction of sp³-hybridized carbons (Fsp3) is 0.211. The number of carbonyl (C=O) groups is 1. The van der Waals surface area contributed by atoms with Gasteiger partial charge in [-0.3, -0.25) is 9.52 Å². The fourth-order valence-electron chi connectivity index (χ4n) is 2.57. The van der Waals surface area contributed by atoms with Gasteiger partial charge in [-0.15, -0.1) is 10.2 Å². The van der Waals surface area contributed by atoms with Crippen LogP contribution in [-0.4, -0.2) is 41.0 Å². The lowest BCUT2D eigenvalue weighted by Crippen LogP contribution is -2.10. The van der Waals surface area contributed by atoms with Gasteiger partial charge in [0.1, 0.15) is 5.82 Å². The molecule has 0 amide bonds. The van der Waals surface area contributed by atoms with Crippen LogP contribution < -0.4 is 4.72 Å². The molecule has 0 aliphatic heterocycles. The van der Waals surface area contributed by atoms with Gasteiger partial charge >= 0.3 is 0 Å². The minimum absolute atomic E-state index is 0.0668. The maximum Gasteiger partial charge on any atom is 0.229 e. The van der Waals surface area contributed by atoms with E-state index >= 15 is 0 Å². The SMILES string of the molecule is Cc1nnc(SCC(=O)c2ccc(NS(C)(=O)=O)cc2)n1Cc1ccccc1. The maximum absolute atomic E-state index is 12.5. The summed E-state index contributed by atoms with van der Waals surface area (Å²) >= 11 is 1.33. The Morgan fingerprint density at radius 3 is 2.39 bits per heavy atom. The normalized spacial score (nSPS) is 11.4. The average Bonchev–Trinajstić information content (AvgIpc) is 3.00. The largest absolute Gasteiger partial charge is 0.302 e. The molecule has 9 heteroatoms. The first-order valence-electron chi connectivity index (χ1n) is 8.49. The van der Waals surface area contributed by atoms with Crippen LogP contribution in [0.3, 0.4) is 0 Å². The molecule has 28 heavy (non-hydrogen) atoms. The topological polar surface area (TPSA) is 94.0 Å². The lowest BCUT2D eigenvalue weighted by Gasteiger charge is -2.08. The van der Waals surface area contributed by atoms with Gasteiger partial charge in [-0.25, -0.2) is 8.42 Å². The van der Waals surface area contributed by atoms with Crippen molar-refractivity contribution in [3.05, 3.63) is 71.5 Å². The van der Waals surface area contributed by atoms with Crippen molar-refractivity contribution in [3.8, 4) is 0 Å². The second-order valence-corrected chi connectivity index (χ2v) is 8.96. The second-order valence-electron chi connectivity index (χ2n) is 6.26. The Morgan fingerprint density at radius 1 is 1.07 bits per heavy atom. The van der Waals surface area contributed by atoms with E-state index in [0.717, 1.165) is 17.6 Å². The molecule has 0 spiro atoms. The Morgan fingerprint density at radius 2 is 1.75 bits per heavy atom. The Labute approximate surface area is 168 Å². The first-order valence-corrected chi connectivity index (χ1v) is 11.4. The number of anilines is 1. The summed E-state index contributed by atoms with van der Waals surface area (Å²) in [6.07, 6.45) is 1.08. The van der Waals surface area contributed by atoms with Gasteiger partial charge in [0.2, 0.25) is 10.0 Å². The van der Waals surface area contributed by atoms with Crippen LogP contribution in [0, 0.1) is 6.92 Å². The highest BCUT2D eigenvalue weighted by atomic mass is 32.2. The van der Waals surface area contributed by atoms with Gasteiger partial charge in [0.15, 0.2) is 10.9 Å². The minimum Gasteiger partial charge on any atom is -0.302 e. The van der Waals surface area contributed by atoms with E-state index in [0.29, 0.717) is 23.0 Å². The molecule has 0 atom stereocenters. The molecule has 0 aliphatic rings. The summed E-state index contributed by atoms with van der Waals surface area (Å²) in [6, 6.07) is 16.3. The second kappa shape index (κ2) is 8.57. The number of sulfonamides is 1. The smallest absolute Gasteiger partial charge is 0.229 e. The van der Waals surface area contributed by atoms with E-state index in [1.807, 2.05) is 41.8 Å². The highest BCUT2D eigenvalue weighted by molar-refractivity contribution is 7.99. The Hall–Kier alpha value is -2.65. The van der Waals surface area contributed by atoms with Gasteiger partial charge in [0, 0.05) is 11.3 Å². The number of nitrogens with zero attached hydrogens (tertiary/aromatic N) is 3. The Balaban J connectivity index is 1.65. The Kier molecular flexibility index (Phi) is 6.15. The van der Waals surface area contributed by atoms with E-state index in [4.69, 9.17) is 0 Å². The minimum atomic E-state index is -3.34. The lowest BCUT2D eigenvalue weighted by atomic mass is 10.1. The van der Waals surface area contributed by atoms with Crippen molar-refractivity contribution in [2.45, 2.75) is 18.6 Å². The van der Waals surface area contributed by atoms with E-state index in [-0.39, 0.29) is 11.5 Å². The predicted octanol–water partition coefficient (Wildman–Crippen LogP) is 2.98. The van der Waals surface area contributed by atoms with E-state index in [1.165, 1.54) is 11.8 Å². The monoisotopic (exact) mass is 416 g/mol. The van der Waals surface area contributed by atoms with Crippen molar-refractivity contribution in [1.82, 2.24) is 14.8 Å². The van der Waals surface area contributed by atoms with Crippen molar-refractivity contribution in [1.29, 1.82) is 0 Å². The van der Waals surface area contributed by atoms with E-state index in [2.05, 4.69) is 14.9 Å². The molecule has 146 valence electrons. The molecule has 1 heterocycles. The van der Waals surface area contributed by atoms with Crippen LogP contribution in [0.15, 0.2) is 59.8 Å². The summed E-state index contributed by atoms with van der Waals surface area (Å²) in [7, 11) is -3.34. The number of ketones is 1. The van der Waals surface area contributed by atoms with E-state index in [1.54, 1.807) is 24.3 Å². The van der Waals surface area contributed by atoms with Crippen LogP contribution in [0.5, 0.6) is 0 Å². The summed E-state index contributed by atoms with van der Waals surface area (Å²) in [4.78, 5) is 12.5. The summed E-state index contributed by atoms with van der Waals surface area (Å²) in [5.74, 6) is 0.934. The predicted molar refractivity (Wildman–Crippen MR) is 110 cm³/mol. The average molecular weight is 417 g/mol. The fourth-order valence-corrected chi connectivity index (χ4v) is 4.01. The lowest BCUT2D eigenvalue weighted by molar-refractivity contribution is 0.102. The van der Waals surface area contributed by atoms with Crippen LogP contribution in [0.25, 0.3) is 0 Å². The highest BCUT2D eigenvalue weighted by Crippen LogP contribution is 2.20. The number of rotatable bonds is 8. The van der Waals surface area contributed by atoms with Crippen molar-refractivity contribution >= 4 is 33.3 Å². The molecule has 3 aromatic rings. The van der Waals surface area contributed by atoms with Crippen LogP contribution in [-0.2, 0) is 16.6 Å². The number of carbonyl (C=O) groups excluding carboxylic acids is 1. The third-order valence-corrected chi connectivity index (χ3v) is 5.50. The molecular weight excluding hydrogens is 396 g/mol. The molecule has 0 bridgehead atoms. The summed E-state index contributed by atoms with van der Waals surface area (Å²) < 4.78 is 26.8. The summed E-state index contributed by atoms with van der Waals surface area (Å²) in [5.41, 5.74) is 2.06. The number of hydrogen-bond donors (Lipinski definition) is 1. The van der Waals surface area contributed by atoms with Crippen LogP contribution >= 0.6 is 11.8 Å². The molecule has 1 aromatic heterocycles. The molecule has 0 radical (unpaired) electrons. The highest BCUT2D eigenvalue weighted by Gasteiger charge is 2.13. The number of aromatic nitrogens is 3. The van der Waals surface area contributed by atoms with Gasteiger partial charge in [-0.05, 0) is 36.8 Å². The molecule has 0 saturated carbocycles. The quantitative estimate of drug-likeness (QED) is 0.448. The zero-order chi connectivity index (χ0) is 20.1. The third kappa shape index (κ3) is 5.43. The zero-order valence-corrected chi connectivity index (χ0v) is 17.1. The number of hydrogen-bond acceptors (Lipinski definition) is 6. The molecule has 0 aliphatic carbocycles. The zero-order valence-electron chi connectivity index (χ0n) is 15.5. The van der Waals surface area contributed by atoms with E-state index < -0.39 is 10.0 Å². The molecule has 3 rings (SSSR count). The van der Waals surface area contributed by atoms with Gasteiger partial charge in [0.25, 0.3) is 0 Å². The van der Waals surface area contributed by atoms with E-state index in [9.17, 15) is 13.2 Å². The molecule has 7 nitrogen and oxygen atoms in total. The number of nitrogens with one attached hydrogen (secondary N) is 1. The van der Waals surface area contributed by atoms with Crippen LogP contribution in [0.4, 0.5) is 5.69 Å². The molecule has 2 aromatic carbocycles. The molecule has 0 fully saturated rings. The van der Waals surface area contributed by atoms with Gasteiger partial charge in [0.05, 0.1) is 18.6 Å². The first kappa shape index (κ1) is 20.1. The van der Waals surface area contributed by atoms with Crippen LogP contribution in [0.2, 0.25) is 0 Å². The van der Waals surface area contributed by atoms with Gasteiger partial charge < -0.3 is 4.57 Å². The summed E-state index contributed by atoms with van der Waals surface area (Å²) in [6.45, 7) is 2.53. The molecule has 1 N–H and O–H groups in total. The van der Waals surface area contributed by atoms with Crippen molar-refractivity contribution in [2.75, 3.05) is 16.7 Å². The maximum atomic E-state index is 12.5. The van der Waals surface area contributed by atoms with Crippen molar-refractivity contribution in [2.24, 2.45) is 0 Å².